The Kier molecular flexibility index (Phi) is 8.06. The van der Waals surface area contributed by atoms with Crippen LogP contribution in [0, 0.1) is 5.41 Å². The molecule has 0 bridgehead atoms. The summed E-state index contributed by atoms with van der Waals surface area (Å²) in [7, 11) is 0. The minimum Gasteiger partial charge on any atom is -0.460 e. The number of hydrogen-bond acceptors (Lipinski definition) is 4. The molecule has 0 heterocycles. The zero-order valence-electron chi connectivity index (χ0n) is 12.7. The SMILES string of the molecule is C=C[C@](C)(C=O)[C@@H](CCOCc1ccccc1)OC(=O)CBr. The van der Waals surface area contributed by atoms with Crippen molar-refractivity contribution >= 4 is 28.2 Å². The molecule has 0 aliphatic heterocycles. The second-order valence-corrected chi connectivity index (χ2v) is 5.69. The number of aldehydes is 1. The smallest absolute Gasteiger partial charge is 0.316 e. The summed E-state index contributed by atoms with van der Waals surface area (Å²) in [6, 6.07) is 9.78. The number of esters is 1. The first-order valence-corrected chi connectivity index (χ1v) is 8.15. The van der Waals surface area contributed by atoms with Crippen molar-refractivity contribution in [2.45, 2.75) is 26.1 Å². The molecule has 0 aromatic heterocycles. The molecule has 1 aromatic rings. The molecule has 4 nitrogen and oxygen atoms in total. The van der Waals surface area contributed by atoms with E-state index in [9.17, 15) is 9.59 Å². The molecule has 0 spiro atoms. The van der Waals surface area contributed by atoms with Crippen LogP contribution in [0.5, 0.6) is 0 Å². The number of halogens is 1. The molecule has 2 atom stereocenters. The van der Waals surface area contributed by atoms with Gasteiger partial charge in [-0.05, 0) is 12.5 Å². The Balaban J connectivity index is 2.55. The highest BCUT2D eigenvalue weighted by molar-refractivity contribution is 9.09. The maximum Gasteiger partial charge on any atom is 0.316 e. The molecule has 0 unspecified atom stereocenters. The molecule has 0 aliphatic carbocycles. The van der Waals surface area contributed by atoms with Gasteiger partial charge >= 0.3 is 5.97 Å². The first-order valence-electron chi connectivity index (χ1n) is 7.02. The Bertz CT molecular complexity index is 479. The topological polar surface area (TPSA) is 52.6 Å². The van der Waals surface area contributed by atoms with Gasteiger partial charge in [-0.25, -0.2) is 0 Å². The summed E-state index contributed by atoms with van der Waals surface area (Å²) in [5, 5.41) is 0.0838. The van der Waals surface area contributed by atoms with Crippen molar-refractivity contribution in [1.82, 2.24) is 0 Å². The lowest BCUT2D eigenvalue weighted by Crippen LogP contribution is -2.37. The van der Waals surface area contributed by atoms with Crippen LogP contribution in [0.4, 0.5) is 0 Å². The second-order valence-electron chi connectivity index (χ2n) is 5.13. The van der Waals surface area contributed by atoms with Crippen molar-refractivity contribution in [3.05, 3.63) is 48.6 Å². The normalized spacial score (nSPS) is 14.6. The monoisotopic (exact) mass is 368 g/mol. The molecule has 0 fully saturated rings. The van der Waals surface area contributed by atoms with E-state index in [1.165, 1.54) is 6.08 Å². The molecular formula is C17H21BrO4. The van der Waals surface area contributed by atoms with Gasteiger partial charge in [0.25, 0.3) is 0 Å². The molecule has 0 amide bonds. The first-order chi connectivity index (χ1) is 10.6. The van der Waals surface area contributed by atoms with E-state index in [4.69, 9.17) is 9.47 Å². The molecule has 0 radical (unpaired) electrons. The maximum atomic E-state index is 11.5. The van der Waals surface area contributed by atoms with Gasteiger partial charge in [0.1, 0.15) is 17.7 Å². The lowest BCUT2D eigenvalue weighted by Gasteiger charge is -2.29. The van der Waals surface area contributed by atoms with Crippen molar-refractivity contribution < 1.29 is 19.1 Å². The standard InChI is InChI=1S/C17H21BrO4/c1-3-17(2,13-19)15(22-16(20)11-18)9-10-21-12-14-7-5-4-6-8-14/h3-8,13,15H,1,9-12H2,2H3/t15-,17-/m1/s1. The van der Waals surface area contributed by atoms with Crippen molar-refractivity contribution in [3.63, 3.8) is 0 Å². The van der Waals surface area contributed by atoms with Gasteiger partial charge in [-0.2, -0.15) is 0 Å². The molecule has 120 valence electrons. The highest BCUT2D eigenvalue weighted by Crippen LogP contribution is 2.26. The van der Waals surface area contributed by atoms with E-state index in [2.05, 4.69) is 22.5 Å². The van der Waals surface area contributed by atoms with Crippen LogP contribution in [0.3, 0.4) is 0 Å². The van der Waals surface area contributed by atoms with Crippen LogP contribution < -0.4 is 0 Å². The Labute approximate surface area is 139 Å². The third kappa shape index (κ3) is 5.73. The fourth-order valence-corrected chi connectivity index (χ4v) is 2.03. The average molecular weight is 369 g/mol. The van der Waals surface area contributed by atoms with Gasteiger partial charge in [0.05, 0.1) is 18.6 Å². The number of benzene rings is 1. The van der Waals surface area contributed by atoms with Crippen molar-refractivity contribution in [1.29, 1.82) is 0 Å². The lowest BCUT2D eigenvalue weighted by molar-refractivity contribution is -0.153. The Morgan fingerprint density at radius 3 is 2.64 bits per heavy atom. The minimum atomic E-state index is -0.923. The van der Waals surface area contributed by atoms with Crippen molar-refractivity contribution in [2.75, 3.05) is 11.9 Å². The average Bonchev–Trinajstić information content (AvgIpc) is 2.57. The Morgan fingerprint density at radius 1 is 1.41 bits per heavy atom. The van der Waals surface area contributed by atoms with E-state index in [0.29, 0.717) is 19.6 Å². The summed E-state index contributed by atoms with van der Waals surface area (Å²) < 4.78 is 10.9. The highest BCUT2D eigenvalue weighted by Gasteiger charge is 2.34. The summed E-state index contributed by atoms with van der Waals surface area (Å²) >= 11 is 3.05. The van der Waals surface area contributed by atoms with E-state index >= 15 is 0 Å². The summed E-state index contributed by atoms with van der Waals surface area (Å²) in [4.78, 5) is 22.8. The molecule has 0 saturated heterocycles. The van der Waals surface area contributed by atoms with Gasteiger partial charge in [0.15, 0.2) is 0 Å². The predicted molar refractivity (Wildman–Crippen MR) is 88.8 cm³/mol. The van der Waals surface area contributed by atoms with Gasteiger partial charge < -0.3 is 14.3 Å². The molecule has 1 aromatic carbocycles. The number of alkyl halides is 1. The van der Waals surface area contributed by atoms with Crippen molar-refractivity contribution in [2.24, 2.45) is 5.41 Å². The maximum absolute atomic E-state index is 11.5. The van der Waals surface area contributed by atoms with E-state index in [1.54, 1.807) is 6.92 Å². The molecule has 0 saturated carbocycles. The number of carbonyl (C=O) groups excluding carboxylic acids is 2. The van der Waals surface area contributed by atoms with E-state index in [1.807, 2.05) is 30.3 Å². The summed E-state index contributed by atoms with van der Waals surface area (Å²) in [6.45, 7) is 6.21. The van der Waals surface area contributed by atoms with Gasteiger partial charge in [0, 0.05) is 6.42 Å². The number of ether oxygens (including phenoxy) is 2. The van der Waals surface area contributed by atoms with Crippen LogP contribution in [0.25, 0.3) is 0 Å². The van der Waals surface area contributed by atoms with Crippen LogP contribution in [-0.2, 0) is 25.7 Å². The molecular weight excluding hydrogens is 348 g/mol. The molecule has 5 heteroatoms. The molecule has 1 rings (SSSR count). The van der Waals surface area contributed by atoms with E-state index in [0.717, 1.165) is 11.8 Å². The van der Waals surface area contributed by atoms with Gasteiger partial charge in [-0.15, -0.1) is 6.58 Å². The number of hydrogen-bond donors (Lipinski definition) is 0. The molecule has 22 heavy (non-hydrogen) atoms. The van der Waals surface area contributed by atoms with E-state index < -0.39 is 17.5 Å². The zero-order chi connectivity index (χ0) is 16.4. The number of rotatable bonds is 10. The summed E-state index contributed by atoms with van der Waals surface area (Å²) in [5.74, 6) is -0.414. The Morgan fingerprint density at radius 2 is 2.09 bits per heavy atom. The van der Waals surface area contributed by atoms with Gasteiger partial charge in [-0.1, -0.05) is 52.3 Å². The summed E-state index contributed by atoms with van der Waals surface area (Å²) in [6.07, 6.45) is 2.09. The zero-order valence-corrected chi connectivity index (χ0v) is 14.3. The van der Waals surface area contributed by atoms with Gasteiger partial charge in [-0.3, -0.25) is 4.79 Å². The first kappa shape index (κ1) is 18.6. The summed E-state index contributed by atoms with van der Waals surface area (Å²) in [5.41, 5.74) is 0.145. The third-order valence-electron chi connectivity index (χ3n) is 3.41. The quantitative estimate of drug-likeness (QED) is 0.209. The fraction of sp³-hybridized carbons (Fsp3) is 0.412. The largest absolute Gasteiger partial charge is 0.460 e. The highest BCUT2D eigenvalue weighted by atomic mass is 79.9. The third-order valence-corrected chi connectivity index (χ3v) is 3.86. The fourth-order valence-electron chi connectivity index (χ4n) is 1.90. The van der Waals surface area contributed by atoms with Crippen molar-refractivity contribution in [3.8, 4) is 0 Å². The van der Waals surface area contributed by atoms with Crippen LogP contribution in [0.15, 0.2) is 43.0 Å². The number of carbonyl (C=O) groups is 2. The predicted octanol–water partition coefficient (Wildman–Crippen LogP) is 3.29. The van der Waals surface area contributed by atoms with E-state index in [-0.39, 0.29) is 5.33 Å². The molecule has 0 N–H and O–H groups in total. The van der Waals surface area contributed by atoms with Gasteiger partial charge in [0.2, 0.25) is 0 Å². The van der Waals surface area contributed by atoms with Crippen LogP contribution >= 0.6 is 15.9 Å². The van der Waals surface area contributed by atoms with Crippen LogP contribution in [-0.4, -0.2) is 30.3 Å². The van der Waals surface area contributed by atoms with Crippen LogP contribution in [0.2, 0.25) is 0 Å². The lowest BCUT2D eigenvalue weighted by atomic mass is 9.84. The molecule has 0 aliphatic rings. The second kappa shape index (κ2) is 9.54. The minimum absolute atomic E-state index is 0.0838. The van der Waals surface area contributed by atoms with Crippen LogP contribution in [0.1, 0.15) is 18.9 Å². The Hall–Kier alpha value is -1.46.